The largest absolute Gasteiger partial charge is 0.493 e. The highest BCUT2D eigenvalue weighted by molar-refractivity contribution is 5.64. The Morgan fingerprint density at radius 3 is 2.28 bits per heavy atom. The van der Waals surface area contributed by atoms with E-state index < -0.39 is 0 Å². The summed E-state index contributed by atoms with van der Waals surface area (Å²) in [6.45, 7) is 0.461. The lowest BCUT2D eigenvalue weighted by Gasteiger charge is -2.15. The number of hydrogen-bond acceptors (Lipinski definition) is 7. The maximum atomic E-state index is 6.22. The number of para-hydroxylation sites is 2. The topological polar surface area (TPSA) is 88.7 Å². The third-order valence-corrected chi connectivity index (χ3v) is 4.68. The number of benzene rings is 3. The van der Waals surface area contributed by atoms with Crippen LogP contribution in [0.3, 0.4) is 0 Å². The number of aromatic nitrogens is 2. The Hall–Kier alpha value is -4.26. The van der Waals surface area contributed by atoms with Crippen LogP contribution in [0.25, 0.3) is 11.4 Å². The van der Waals surface area contributed by atoms with Crippen LogP contribution in [0, 0.1) is 0 Å². The molecule has 7 heteroatoms. The van der Waals surface area contributed by atoms with Crippen molar-refractivity contribution >= 4 is 5.82 Å². The van der Waals surface area contributed by atoms with Crippen LogP contribution in [0.4, 0.5) is 5.82 Å². The van der Waals surface area contributed by atoms with Gasteiger partial charge in [0.25, 0.3) is 5.88 Å². The summed E-state index contributed by atoms with van der Waals surface area (Å²) in [5.74, 6) is 2.72. The molecular weight excluding hydrogens is 406 g/mol. The van der Waals surface area contributed by atoms with Crippen molar-refractivity contribution in [1.82, 2.24) is 9.97 Å². The fourth-order valence-electron chi connectivity index (χ4n) is 3.09. The quantitative estimate of drug-likeness (QED) is 0.416. The van der Waals surface area contributed by atoms with Gasteiger partial charge in [-0.15, -0.1) is 0 Å². The van der Waals surface area contributed by atoms with Crippen molar-refractivity contribution in [2.45, 2.75) is 6.61 Å². The van der Waals surface area contributed by atoms with Gasteiger partial charge in [0.2, 0.25) is 5.75 Å². The molecule has 0 aliphatic rings. The summed E-state index contributed by atoms with van der Waals surface area (Å²) < 4.78 is 22.6. The molecule has 0 unspecified atom stereocenters. The molecule has 4 rings (SSSR count). The number of methoxy groups -OCH3 is 2. The molecule has 0 spiro atoms. The molecule has 0 aliphatic heterocycles. The first-order valence-electron chi connectivity index (χ1n) is 9.97. The second kappa shape index (κ2) is 9.70. The molecule has 32 heavy (non-hydrogen) atoms. The van der Waals surface area contributed by atoms with Gasteiger partial charge in [0.05, 0.1) is 14.2 Å². The highest BCUT2D eigenvalue weighted by atomic mass is 16.5. The van der Waals surface area contributed by atoms with Gasteiger partial charge in [-0.25, -0.2) is 4.98 Å². The predicted molar refractivity (Wildman–Crippen MR) is 122 cm³/mol. The van der Waals surface area contributed by atoms with E-state index in [0.29, 0.717) is 29.7 Å². The Kier molecular flexibility index (Phi) is 6.36. The Labute approximate surface area is 186 Å². The van der Waals surface area contributed by atoms with Crippen LogP contribution in [-0.2, 0) is 6.61 Å². The Morgan fingerprint density at radius 1 is 0.781 bits per heavy atom. The summed E-state index contributed by atoms with van der Waals surface area (Å²) in [5.41, 5.74) is 8.04. The molecule has 0 radical (unpaired) electrons. The van der Waals surface area contributed by atoms with Crippen LogP contribution in [0.15, 0.2) is 78.9 Å². The number of nitrogens with zero attached hydrogens (tertiary/aromatic N) is 2. The van der Waals surface area contributed by atoms with Crippen LogP contribution in [0.2, 0.25) is 0 Å². The lowest BCUT2D eigenvalue weighted by Crippen LogP contribution is -2.04. The van der Waals surface area contributed by atoms with Gasteiger partial charge in [-0.2, -0.15) is 4.98 Å². The minimum absolute atomic E-state index is 0.147. The monoisotopic (exact) mass is 429 g/mol. The molecule has 1 aromatic heterocycles. The molecule has 0 amide bonds. The zero-order valence-electron chi connectivity index (χ0n) is 17.8. The van der Waals surface area contributed by atoms with E-state index in [9.17, 15) is 0 Å². The normalized spacial score (nSPS) is 10.4. The Bertz CT molecular complexity index is 1200. The van der Waals surface area contributed by atoms with Gasteiger partial charge in [-0.3, -0.25) is 0 Å². The summed E-state index contributed by atoms with van der Waals surface area (Å²) >= 11 is 0. The van der Waals surface area contributed by atoms with Crippen molar-refractivity contribution in [3.63, 3.8) is 0 Å². The van der Waals surface area contributed by atoms with Crippen molar-refractivity contribution < 1.29 is 18.9 Å². The molecule has 0 saturated heterocycles. The number of hydrogen-bond donors (Lipinski definition) is 1. The molecule has 1 heterocycles. The van der Waals surface area contributed by atoms with Gasteiger partial charge in [0.15, 0.2) is 23.1 Å². The minimum atomic E-state index is 0.147. The Morgan fingerprint density at radius 2 is 1.53 bits per heavy atom. The van der Waals surface area contributed by atoms with E-state index in [1.807, 2.05) is 66.7 Å². The number of anilines is 1. The van der Waals surface area contributed by atoms with Gasteiger partial charge in [0, 0.05) is 5.56 Å². The highest BCUT2D eigenvalue weighted by Crippen LogP contribution is 2.39. The standard InChI is InChI=1S/C25H23N3O4/c1-29-20-13-6-7-14-21(20)32-22-23(26)27-24(28-25(22)30-2)18-11-8-12-19(15-18)31-16-17-9-4-3-5-10-17/h3-15H,16H2,1-2H3,(H2,26,27,28). The zero-order chi connectivity index (χ0) is 22.3. The van der Waals surface area contributed by atoms with Gasteiger partial charge >= 0.3 is 0 Å². The first-order valence-corrected chi connectivity index (χ1v) is 9.97. The van der Waals surface area contributed by atoms with E-state index in [1.54, 1.807) is 19.2 Å². The number of rotatable bonds is 8. The number of nitrogens with two attached hydrogens (primary N) is 1. The Balaban J connectivity index is 1.60. The van der Waals surface area contributed by atoms with E-state index in [0.717, 1.165) is 11.1 Å². The first-order chi connectivity index (χ1) is 15.7. The smallest absolute Gasteiger partial charge is 0.263 e. The van der Waals surface area contributed by atoms with Gasteiger partial charge in [-0.05, 0) is 29.8 Å². The van der Waals surface area contributed by atoms with Crippen molar-refractivity contribution in [2.75, 3.05) is 20.0 Å². The molecule has 162 valence electrons. The first kappa shape index (κ1) is 21.0. The van der Waals surface area contributed by atoms with Crippen LogP contribution in [0.5, 0.6) is 28.9 Å². The van der Waals surface area contributed by atoms with Gasteiger partial charge in [-0.1, -0.05) is 54.6 Å². The molecule has 0 bridgehead atoms. The fraction of sp³-hybridized carbons (Fsp3) is 0.120. The van der Waals surface area contributed by atoms with E-state index in [4.69, 9.17) is 24.7 Å². The van der Waals surface area contributed by atoms with E-state index >= 15 is 0 Å². The lowest BCUT2D eigenvalue weighted by molar-refractivity contribution is 0.306. The van der Waals surface area contributed by atoms with Crippen LogP contribution in [-0.4, -0.2) is 24.2 Å². The summed E-state index contributed by atoms with van der Waals surface area (Å²) in [6, 6.07) is 24.7. The highest BCUT2D eigenvalue weighted by Gasteiger charge is 2.18. The van der Waals surface area contributed by atoms with Crippen molar-refractivity contribution in [3.05, 3.63) is 84.4 Å². The molecule has 2 N–H and O–H groups in total. The molecule has 3 aromatic carbocycles. The average molecular weight is 429 g/mol. The molecule has 0 atom stereocenters. The van der Waals surface area contributed by atoms with Crippen molar-refractivity contribution in [1.29, 1.82) is 0 Å². The maximum Gasteiger partial charge on any atom is 0.263 e. The van der Waals surface area contributed by atoms with Crippen LogP contribution in [0.1, 0.15) is 5.56 Å². The molecule has 0 fully saturated rings. The third-order valence-electron chi connectivity index (χ3n) is 4.68. The van der Waals surface area contributed by atoms with Gasteiger partial charge in [0.1, 0.15) is 12.4 Å². The fourth-order valence-corrected chi connectivity index (χ4v) is 3.09. The minimum Gasteiger partial charge on any atom is -0.493 e. The lowest BCUT2D eigenvalue weighted by atomic mass is 10.2. The van der Waals surface area contributed by atoms with Crippen molar-refractivity contribution in [3.8, 4) is 40.3 Å². The molecule has 0 aliphatic carbocycles. The average Bonchev–Trinajstić information content (AvgIpc) is 2.85. The van der Waals surface area contributed by atoms with Crippen molar-refractivity contribution in [2.24, 2.45) is 0 Å². The molecular formula is C25H23N3O4. The molecule has 4 aromatic rings. The van der Waals surface area contributed by atoms with E-state index in [-0.39, 0.29) is 17.4 Å². The van der Waals surface area contributed by atoms with E-state index in [2.05, 4.69) is 9.97 Å². The van der Waals surface area contributed by atoms with Gasteiger partial charge < -0.3 is 24.7 Å². The summed E-state index contributed by atoms with van der Waals surface area (Å²) in [7, 11) is 3.06. The summed E-state index contributed by atoms with van der Waals surface area (Å²) in [5, 5.41) is 0. The number of nitrogen functional groups attached to an aromatic ring is 1. The van der Waals surface area contributed by atoms with E-state index in [1.165, 1.54) is 7.11 Å². The summed E-state index contributed by atoms with van der Waals surface area (Å²) in [6.07, 6.45) is 0. The number of ether oxygens (including phenoxy) is 4. The third kappa shape index (κ3) is 4.73. The molecule has 7 nitrogen and oxygen atoms in total. The maximum absolute atomic E-state index is 6.22. The van der Waals surface area contributed by atoms with Crippen LogP contribution >= 0.6 is 0 Å². The summed E-state index contributed by atoms with van der Waals surface area (Å²) in [4.78, 5) is 8.93. The zero-order valence-corrected chi connectivity index (χ0v) is 17.8. The SMILES string of the molecule is COc1ccccc1Oc1c(N)nc(-c2cccc(OCc3ccccc3)c2)nc1OC. The van der Waals surface area contributed by atoms with Crippen LogP contribution < -0.4 is 24.7 Å². The molecule has 0 saturated carbocycles. The second-order valence-corrected chi connectivity index (χ2v) is 6.83. The second-order valence-electron chi connectivity index (χ2n) is 6.83. The predicted octanol–water partition coefficient (Wildman–Crippen LogP) is 5.11.